The second-order valence-corrected chi connectivity index (χ2v) is 7.38. The molecule has 7 heteroatoms. The van der Waals surface area contributed by atoms with Gasteiger partial charge < -0.3 is 19.5 Å². The van der Waals surface area contributed by atoms with Crippen LogP contribution in [0.2, 0.25) is 0 Å². The Morgan fingerprint density at radius 3 is 2.79 bits per heavy atom. The molecule has 0 bridgehead atoms. The third-order valence-corrected chi connectivity index (χ3v) is 5.59. The van der Waals surface area contributed by atoms with Gasteiger partial charge in [-0.1, -0.05) is 24.6 Å². The summed E-state index contributed by atoms with van der Waals surface area (Å²) in [5.41, 5.74) is 2.35. The van der Waals surface area contributed by atoms with Crippen LogP contribution in [0, 0.1) is 6.92 Å². The van der Waals surface area contributed by atoms with Crippen molar-refractivity contribution in [1.82, 2.24) is 29.1 Å². The average molecular weight is 375 g/mol. The number of nitrogens with one attached hydrogen (secondary N) is 1. The van der Waals surface area contributed by atoms with Crippen LogP contribution < -0.4 is 5.32 Å². The molecule has 1 atom stereocenters. The third-order valence-electron chi connectivity index (χ3n) is 5.59. The second-order valence-electron chi connectivity index (χ2n) is 7.38. The molecule has 28 heavy (non-hydrogen) atoms. The summed E-state index contributed by atoms with van der Waals surface area (Å²) < 4.78 is 4.39. The van der Waals surface area contributed by atoms with E-state index in [1.165, 1.54) is 5.56 Å². The number of nitrogens with zero attached hydrogens (tertiary/aromatic N) is 6. The molecule has 0 amide bonds. The zero-order chi connectivity index (χ0) is 19.1. The standard InChI is InChI=1S/C21H25N7/c1-3-18-21-23-14-19(24-17-6-4-16(2)5-7-17)27(21)12-13-28(18)26-11-10-25-9-8-22-20(25)15-26/h4-11,14,18,24H,3,12-13,15H2,1-2H3. The molecule has 7 nitrogen and oxygen atoms in total. The number of aromatic nitrogens is 4. The molecule has 0 saturated carbocycles. The van der Waals surface area contributed by atoms with Crippen LogP contribution in [0.4, 0.5) is 11.5 Å². The van der Waals surface area contributed by atoms with Crippen molar-refractivity contribution in [2.24, 2.45) is 0 Å². The highest BCUT2D eigenvalue weighted by molar-refractivity contribution is 5.56. The summed E-state index contributed by atoms with van der Waals surface area (Å²) in [6.45, 7) is 6.96. The van der Waals surface area contributed by atoms with Gasteiger partial charge in [-0.25, -0.2) is 15.0 Å². The van der Waals surface area contributed by atoms with E-state index in [0.29, 0.717) is 0 Å². The first-order valence-corrected chi connectivity index (χ1v) is 9.85. The summed E-state index contributed by atoms with van der Waals surface area (Å²) in [7, 11) is 0. The lowest BCUT2D eigenvalue weighted by Gasteiger charge is -2.43. The van der Waals surface area contributed by atoms with Crippen LogP contribution in [0.5, 0.6) is 0 Å². The SMILES string of the molecule is CCC1c2ncc(Nc3ccc(C)cc3)n2CCN1N1C=Cn2ccnc2C1. The molecule has 1 unspecified atom stereocenters. The van der Waals surface area contributed by atoms with E-state index >= 15 is 0 Å². The monoisotopic (exact) mass is 375 g/mol. The normalized spacial score (nSPS) is 18.8. The van der Waals surface area contributed by atoms with Gasteiger partial charge in [0.2, 0.25) is 0 Å². The fourth-order valence-electron chi connectivity index (χ4n) is 4.09. The Labute approximate surface area is 164 Å². The number of hydrogen-bond donors (Lipinski definition) is 1. The number of rotatable bonds is 4. The van der Waals surface area contributed by atoms with Gasteiger partial charge in [0.15, 0.2) is 0 Å². The van der Waals surface area contributed by atoms with Gasteiger partial charge in [-0.2, -0.15) is 0 Å². The van der Waals surface area contributed by atoms with Crippen LogP contribution in [-0.4, -0.2) is 35.7 Å². The maximum atomic E-state index is 4.79. The van der Waals surface area contributed by atoms with E-state index in [0.717, 1.165) is 49.2 Å². The summed E-state index contributed by atoms with van der Waals surface area (Å²) in [5, 5.41) is 8.23. The minimum Gasteiger partial charge on any atom is -0.340 e. The van der Waals surface area contributed by atoms with Crippen molar-refractivity contribution >= 4 is 17.7 Å². The largest absolute Gasteiger partial charge is 0.340 e. The topological polar surface area (TPSA) is 54.2 Å². The lowest BCUT2D eigenvalue weighted by atomic mass is 10.1. The summed E-state index contributed by atoms with van der Waals surface area (Å²) in [6.07, 6.45) is 11.0. The molecule has 0 fully saturated rings. The molecular formula is C21H25N7. The predicted octanol–water partition coefficient (Wildman–Crippen LogP) is 3.76. The lowest BCUT2D eigenvalue weighted by molar-refractivity contribution is -0.0520. The van der Waals surface area contributed by atoms with Gasteiger partial charge in [-0.3, -0.25) is 0 Å². The van der Waals surface area contributed by atoms with E-state index in [4.69, 9.17) is 4.98 Å². The number of benzene rings is 1. The molecule has 0 aliphatic carbocycles. The first-order chi connectivity index (χ1) is 13.7. The summed E-state index contributed by atoms with van der Waals surface area (Å²) in [5.74, 6) is 3.24. The Bertz CT molecular complexity index is 998. The van der Waals surface area contributed by atoms with Crippen LogP contribution in [0.1, 0.15) is 36.6 Å². The highest BCUT2D eigenvalue weighted by atomic mass is 15.6. The second kappa shape index (κ2) is 6.83. The predicted molar refractivity (Wildman–Crippen MR) is 110 cm³/mol. The third kappa shape index (κ3) is 2.88. The Balaban J connectivity index is 1.39. The number of imidazole rings is 2. The van der Waals surface area contributed by atoms with Gasteiger partial charge in [0.05, 0.1) is 18.8 Å². The van der Waals surface area contributed by atoms with E-state index in [-0.39, 0.29) is 6.04 Å². The van der Waals surface area contributed by atoms with Crippen molar-refractivity contribution < 1.29 is 0 Å². The van der Waals surface area contributed by atoms with E-state index in [2.05, 4.69) is 80.0 Å². The molecule has 3 aromatic rings. The van der Waals surface area contributed by atoms with E-state index in [1.807, 2.05) is 18.6 Å². The molecule has 5 rings (SSSR count). The highest BCUT2D eigenvalue weighted by Crippen LogP contribution is 2.33. The summed E-state index contributed by atoms with van der Waals surface area (Å²) >= 11 is 0. The van der Waals surface area contributed by atoms with Crippen LogP contribution in [0.15, 0.2) is 49.1 Å². The van der Waals surface area contributed by atoms with Gasteiger partial charge in [0.25, 0.3) is 0 Å². The molecule has 0 spiro atoms. The Kier molecular flexibility index (Phi) is 4.16. The smallest absolute Gasteiger partial charge is 0.134 e. The van der Waals surface area contributed by atoms with Crippen LogP contribution in [0.25, 0.3) is 6.20 Å². The zero-order valence-corrected chi connectivity index (χ0v) is 16.3. The van der Waals surface area contributed by atoms with Gasteiger partial charge in [0.1, 0.15) is 17.5 Å². The van der Waals surface area contributed by atoms with Crippen molar-refractivity contribution in [3.8, 4) is 0 Å². The molecule has 2 aliphatic rings. The molecule has 4 heterocycles. The van der Waals surface area contributed by atoms with Crippen molar-refractivity contribution in [3.05, 3.63) is 66.3 Å². The quantitative estimate of drug-likeness (QED) is 0.753. The summed E-state index contributed by atoms with van der Waals surface area (Å²) in [4.78, 5) is 9.26. The minimum absolute atomic E-state index is 0.244. The number of hydrazine groups is 1. The Hall–Kier alpha value is -3.06. The van der Waals surface area contributed by atoms with Gasteiger partial charge >= 0.3 is 0 Å². The van der Waals surface area contributed by atoms with Crippen LogP contribution in [0.3, 0.4) is 0 Å². The van der Waals surface area contributed by atoms with Crippen LogP contribution >= 0.6 is 0 Å². The molecular weight excluding hydrogens is 350 g/mol. The van der Waals surface area contributed by atoms with E-state index < -0.39 is 0 Å². The van der Waals surface area contributed by atoms with Crippen molar-refractivity contribution in [2.75, 3.05) is 11.9 Å². The first kappa shape index (κ1) is 17.1. The number of anilines is 2. The number of fused-ring (bicyclic) bond motifs is 2. The maximum Gasteiger partial charge on any atom is 0.134 e. The van der Waals surface area contributed by atoms with Gasteiger partial charge in [0, 0.05) is 43.6 Å². The van der Waals surface area contributed by atoms with E-state index in [1.54, 1.807) is 0 Å². The van der Waals surface area contributed by atoms with Gasteiger partial charge in [-0.05, 0) is 25.5 Å². The van der Waals surface area contributed by atoms with Crippen LogP contribution in [-0.2, 0) is 13.1 Å². The highest BCUT2D eigenvalue weighted by Gasteiger charge is 2.33. The molecule has 144 valence electrons. The summed E-state index contributed by atoms with van der Waals surface area (Å²) in [6, 6.07) is 8.72. The average Bonchev–Trinajstić information content (AvgIpc) is 3.35. The fraction of sp³-hybridized carbons (Fsp3) is 0.333. The number of aryl methyl sites for hydroxylation is 1. The maximum absolute atomic E-state index is 4.79. The first-order valence-electron chi connectivity index (χ1n) is 9.85. The minimum atomic E-state index is 0.244. The Morgan fingerprint density at radius 1 is 1.11 bits per heavy atom. The van der Waals surface area contributed by atoms with Crippen molar-refractivity contribution in [2.45, 2.75) is 39.4 Å². The molecule has 2 aromatic heterocycles. The van der Waals surface area contributed by atoms with Crippen molar-refractivity contribution in [3.63, 3.8) is 0 Å². The van der Waals surface area contributed by atoms with Gasteiger partial charge in [-0.15, -0.1) is 0 Å². The number of hydrogen-bond acceptors (Lipinski definition) is 5. The molecule has 0 saturated heterocycles. The molecule has 2 aliphatic heterocycles. The molecule has 1 N–H and O–H groups in total. The molecule has 1 aromatic carbocycles. The molecule has 0 radical (unpaired) electrons. The van der Waals surface area contributed by atoms with Crippen molar-refractivity contribution in [1.29, 1.82) is 0 Å². The Morgan fingerprint density at radius 2 is 1.96 bits per heavy atom. The van der Waals surface area contributed by atoms with E-state index in [9.17, 15) is 0 Å². The fourth-order valence-corrected chi connectivity index (χ4v) is 4.09. The lowest BCUT2D eigenvalue weighted by Crippen LogP contribution is -2.47. The zero-order valence-electron chi connectivity index (χ0n) is 16.3.